The Morgan fingerprint density at radius 3 is 2.63 bits per heavy atom. The molecule has 0 saturated carbocycles. The number of aromatic nitrogens is 3. The molecule has 0 atom stereocenters. The smallest absolute Gasteiger partial charge is 0.192 e. The van der Waals surface area contributed by atoms with Gasteiger partial charge >= 0.3 is 0 Å². The van der Waals surface area contributed by atoms with E-state index in [-0.39, 0.29) is 5.78 Å². The second kappa shape index (κ2) is 8.68. The number of hydrogen-bond acceptors (Lipinski definition) is 5. The minimum Gasteiger partial charge on any atom is -0.496 e. The van der Waals surface area contributed by atoms with Crippen LogP contribution < -0.4 is 4.74 Å². The number of benzene rings is 2. The quantitative estimate of drug-likeness (QED) is 0.329. The van der Waals surface area contributed by atoms with Crippen molar-refractivity contribution >= 4 is 17.5 Å². The van der Waals surface area contributed by atoms with Crippen LogP contribution in [0.1, 0.15) is 15.9 Å². The minimum atomic E-state index is 0.0620. The summed E-state index contributed by atoms with van der Waals surface area (Å²) in [5.74, 6) is 1.77. The van der Waals surface area contributed by atoms with Crippen LogP contribution >= 0.6 is 11.8 Å². The zero-order chi connectivity index (χ0) is 19.2. The number of rotatable bonds is 8. The van der Waals surface area contributed by atoms with Crippen molar-refractivity contribution < 1.29 is 9.53 Å². The van der Waals surface area contributed by atoms with E-state index < -0.39 is 0 Å². The van der Waals surface area contributed by atoms with Crippen LogP contribution in [0, 0.1) is 6.92 Å². The number of thioether (sulfide) groups is 1. The number of hydrogen-bond donors (Lipinski definition) is 0. The lowest BCUT2D eigenvalue weighted by Crippen LogP contribution is -2.05. The Hall–Kier alpha value is -2.86. The van der Waals surface area contributed by atoms with Crippen molar-refractivity contribution in [2.45, 2.75) is 18.6 Å². The molecule has 1 aromatic heterocycles. The van der Waals surface area contributed by atoms with Crippen LogP contribution in [0.2, 0.25) is 0 Å². The van der Waals surface area contributed by atoms with Gasteiger partial charge in [0.1, 0.15) is 5.75 Å². The predicted octanol–water partition coefficient (Wildman–Crippen LogP) is 4.42. The van der Waals surface area contributed by atoms with Gasteiger partial charge in [-0.1, -0.05) is 59.8 Å². The average Bonchev–Trinajstić information content (AvgIpc) is 3.09. The lowest BCUT2D eigenvalue weighted by molar-refractivity contribution is 0.102. The van der Waals surface area contributed by atoms with Gasteiger partial charge < -0.3 is 4.74 Å². The maximum Gasteiger partial charge on any atom is 0.192 e. The van der Waals surface area contributed by atoms with Gasteiger partial charge in [-0.3, -0.25) is 9.36 Å². The number of ketones is 1. The predicted molar refractivity (Wildman–Crippen MR) is 108 cm³/mol. The molecule has 0 saturated heterocycles. The Balaban J connectivity index is 1.84. The molecular formula is C21H21N3O2S. The Kier molecular flexibility index (Phi) is 6.08. The summed E-state index contributed by atoms with van der Waals surface area (Å²) < 4.78 is 7.38. The van der Waals surface area contributed by atoms with E-state index in [9.17, 15) is 4.79 Å². The molecule has 1 heterocycles. The van der Waals surface area contributed by atoms with Gasteiger partial charge in [0, 0.05) is 12.1 Å². The normalized spacial score (nSPS) is 10.6. The first kappa shape index (κ1) is 18.9. The molecule has 5 nitrogen and oxygen atoms in total. The SMILES string of the molecule is C=CCn1c(SCC(=O)c2ccc(C)cc2)nnc1-c1ccccc1OC. The van der Waals surface area contributed by atoms with Crippen LogP contribution in [-0.4, -0.2) is 33.4 Å². The van der Waals surface area contributed by atoms with Crippen LogP contribution in [0.15, 0.2) is 66.3 Å². The van der Waals surface area contributed by atoms with E-state index in [0.717, 1.165) is 16.9 Å². The summed E-state index contributed by atoms with van der Waals surface area (Å²) in [5.41, 5.74) is 2.69. The highest BCUT2D eigenvalue weighted by Gasteiger charge is 2.18. The van der Waals surface area contributed by atoms with Crippen molar-refractivity contribution in [1.29, 1.82) is 0 Å². The van der Waals surface area contributed by atoms with Crippen molar-refractivity contribution in [2.75, 3.05) is 12.9 Å². The maximum absolute atomic E-state index is 12.5. The molecule has 0 N–H and O–H groups in total. The van der Waals surface area contributed by atoms with E-state index in [0.29, 0.717) is 28.8 Å². The van der Waals surface area contributed by atoms with Crippen molar-refractivity contribution in [3.63, 3.8) is 0 Å². The number of allylic oxidation sites excluding steroid dienone is 1. The molecule has 0 aliphatic rings. The highest BCUT2D eigenvalue weighted by Crippen LogP contribution is 2.31. The molecule has 3 rings (SSSR count). The van der Waals surface area contributed by atoms with E-state index in [1.807, 2.05) is 60.0 Å². The molecule has 0 fully saturated rings. The van der Waals surface area contributed by atoms with Crippen LogP contribution in [0.25, 0.3) is 11.4 Å². The molecule has 3 aromatic rings. The lowest BCUT2D eigenvalue weighted by atomic mass is 10.1. The number of ether oxygens (including phenoxy) is 1. The van der Waals surface area contributed by atoms with Gasteiger partial charge in [-0.05, 0) is 19.1 Å². The highest BCUT2D eigenvalue weighted by molar-refractivity contribution is 7.99. The first-order valence-electron chi connectivity index (χ1n) is 8.54. The van der Waals surface area contributed by atoms with Crippen LogP contribution in [0.3, 0.4) is 0 Å². The topological polar surface area (TPSA) is 57.0 Å². The van der Waals surface area contributed by atoms with Gasteiger partial charge in [0.2, 0.25) is 0 Å². The monoisotopic (exact) mass is 379 g/mol. The number of carbonyl (C=O) groups is 1. The second-order valence-electron chi connectivity index (χ2n) is 5.98. The molecule has 0 unspecified atom stereocenters. The number of Topliss-reactive ketones (excluding diaryl/α,β-unsaturated/α-hetero) is 1. The summed E-state index contributed by atoms with van der Waals surface area (Å²) in [6, 6.07) is 15.3. The van der Waals surface area contributed by atoms with Crippen molar-refractivity contribution in [1.82, 2.24) is 14.8 Å². The molecule has 0 aliphatic carbocycles. The molecule has 2 aromatic carbocycles. The van der Waals surface area contributed by atoms with Crippen molar-refractivity contribution in [2.24, 2.45) is 0 Å². The molecule has 27 heavy (non-hydrogen) atoms. The molecule has 0 radical (unpaired) electrons. The van der Waals surface area contributed by atoms with Crippen LogP contribution in [0.5, 0.6) is 5.75 Å². The van der Waals surface area contributed by atoms with E-state index in [1.54, 1.807) is 13.2 Å². The number of para-hydroxylation sites is 1. The summed E-state index contributed by atoms with van der Waals surface area (Å²) in [5, 5.41) is 9.29. The third-order valence-electron chi connectivity index (χ3n) is 4.08. The summed E-state index contributed by atoms with van der Waals surface area (Å²) in [6.45, 7) is 6.36. The van der Waals surface area contributed by atoms with Gasteiger partial charge in [0.25, 0.3) is 0 Å². The first-order valence-corrected chi connectivity index (χ1v) is 9.52. The standard InChI is InChI=1S/C21H21N3O2S/c1-4-13-24-20(17-7-5-6-8-19(17)26-3)22-23-21(24)27-14-18(25)16-11-9-15(2)10-12-16/h4-12H,1,13-14H2,2-3H3. The number of methoxy groups -OCH3 is 1. The second-order valence-corrected chi connectivity index (χ2v) is 6.93. The number of carbonyl (C=O) groups excluding carboxylic acids is 1. The minimum absolute atomic E-state index is 0.0620. The fraction of sp³-hybridized carbons (Fsp3) is 0.190. The Morgan fingerprint density at radius 1 is 1.19 bits per heavy atom. The summed E-state index contributed by atoms with van der Waals surface area (Å²) in [6.07, 6.45) is 1.79. The van der Waals surface area contributed by atoms with Gasteiger partial charge in [-0.25, -0.2) is 0 Å². The third kappa shape index (κ3) is 4.28. The van der Waals surface area contributed by atoms with Crippen LogP contribution in [-0.2, 0) is 6.54 Å². The van der Waals surface area contributed by atoms with E-state index in [2.05, 4.69) is 16.8 Å². The van der Waals surface area contributed by atoms with Gasteiger partial charge in [-0.15, -0.1) is 16.8 Å². The van der Waals surface area contributed by atoms with Gasteiger partial charge in [-0.2, -0.15) is 0 Å². The van der Waals surface area contributed by atoms with E-state index in [4.69, 9.17) is 4.74 Å². The molecule has 0 spiro atoms. The van der Waals surface area contributed by atoms with Gasteiger partial charge in [0.05, 0.1) is 18.4 Å². The molecule has 0 aliphatic heterocycles. The van der Waals surface area contributed by atoms with E-state index >= 15 is 0 Å². The molecule has 0 bridgehead atoms. The molecule has 138 valence electrons. The summed E-state index contributed by atoms with van der Waals surface area (Å²) in [7, 11) is 1.63. The van der Waals surface area contributed by atoms with E-state index in [1.165, 1.54) is 11.8 Å². The Labute approximate surface area is 163 Å². The van der Waals surface area contributed by atoms with Crippen molar-refractivity contribution in [3.8, 4) is 17.1 Å². The molecular weight excluding hydrogens is 358 g/mol. The van der Waals surface area contributed by atoms with Crippen molar-refractivity contribution in [3.05, 3.63) is 72.3 Å². The van der Waals surface area contributed by atoms with Gasteiger partial charge in [0.15, 0.2) is 16.8 Å². The Morgan fingerprint density at radius 2 is 1.93 bits per heavy atom. The van der Waals surface area contributed by atoms with Crippen LogP contribution in [0.4, 0.5) is 0 Å². The summed E-state index contributed by atoms with van der Waals surface area (Å²) in [4.78, 5) is 12.5. The maximum atomic E-state index is 12.5. The highest BCUT2D eigenvalue weighted by atomic mass is 32.2. The zero-order valence-electron chi connectivity index (χ0n) is 15.4. The fourth-order valence-electron chi connectivity index (χ4n) is 2.67. The average molecular weight is 379 g/mol. The lowest BCUT2D eigenvalue weighted by Gasteiger charge is -2.10. The first-order chi connectivity index (χ1) is 13.1. The fourth-order valence-corrected chi connectivity index (χ4v) is 3.51. The number of aryl methyl sites for hydroxylation is 1. The number of nitrogens with zero attached hydrogens (tertiary/aromatic N) is 3. The third-order valence-corrected chi connectivity index (χ3v) is 5.05. The molecule has 0 amide bonds. The molecule has 6 heteroatoms. The summed E-state index contributed by atoms with van der Waals surface area (Å²) >= 11 is 1.37. The Bertz CT molecular complexity index is 948. The zero-order valence-corrected chi connectivity index (χ0v) is 16.2. The largest absolute Gasteiger partial charge is 0.496 e.